The SMILES string of the molecule is Cc1ccc(C(=O)NCCNCc2ccn(C)n2)cc1. The molecule has 2 N–H and O–H groups in total. The lowest BCUT2D eigenvalue weighted by molar-refractivity contribution is 0.0954. The number of nitrogens with zero attached hydrogens (tertiary/aromatic N) is 2. The highest BCUT2D eigenvalue weighted by atomic mass is 16.1. The zero-order valence-corrected chi connectivity index (χ0v) is 11.9. The predicted molar refractivity (Wildman–Crippen MR) is 78.4 cm³/mol. The Morgan fingerprint density at radius 2 is 1.95 bits per heavy atom. The van der Waals surface area contributed by atoms with Crippen molar-refractivity contribution in [2.45, 2.75) is 13.5 Å². The fraction of sp³-hybridized carbons (Fsp3) is 0.333. The second-order valence-electron chi connectivity index (χ2n) is 4.78. The summed E-state index contributed by atoms with van der Waals surface area (Å²) in [5.74, 6) is -0.0374. The minimum absolute atomic E-state index is 0.0374. The first-order valence-corrected chi connectivity index (χ1v) is 6.69. The molecule has 5 heteroatoms. The van der Waals surface area contributed by atoms with Gasteiger partial charge in [0.15, 0.2) is 0 Å². The van der Waals surface area contributed by atoms with Crippen LogP contribution in [-0.2, 0) is 13.6 Å². The Bertz CT molecular complexity index is 560. The number of hydrogen-bond donors (Lipinski definition) is 2. The Labute approximate surface area is 119 Å². The van der Waals surface area contributed by atoms with Crippen LogP contribution in [0.1, 0.15) is 21.6 Å². The molecule has 0 saturated heterocycles. The van der Waals surface area contributed by atoms with Crippen LogP contribution in [0, 0.1) is 6.92 Å². The molecule has 1 heterocycles. The van der Waals surface area contributed by atoms with E-state index in [-0.39, 0.29) is 5.91 Å². The van der Waals surface area contributed by atoms with Crippen LogP contribution < -0.4 is 10.6 Å². The van der Waals surface area contributed by atoms with Crippen LogP contribution in [0.15, 0.2) is 36.5 Å². The van der Waals surface area contributed by atoms with Crippen LogP contribution >= 0.6 is 0 Å². The van der Waals surface area contributed by atoms with Gasteiger partial charge in [0.1, 0.15) is 0 Å². The Hall–Kier alpha value is -2.14. The van der Waals surface area contributed by atoms with Crippen molar-refractivity contribution in [2.24, 2.45) is 7.05 Å². The zero-order valence-electron chi connectivity index (χ0n) is 11.9. The maximum atomic E-state index is 11.8. The van der Waals surface area contributed by atoms with E-state index in [2.05, 4.69) is 15.7 Å². The summed E-state index contributed by atoms with van der Waals surface area (Å²) in [6, 6.07) is 9.53. The molecule has 1 aromatic heterocycles. The average molecular weight is 272 g/mol. The Balaban J connectivity index is 1.65. The van der Waals surface area contributed by atoms with Crippen molar-refractivity contribution in [3.05, 3.63) is 53.3 Å². The van der Waals surface area contributed by atoms with Gasteiger partial charge in [-0.05, 0) is 25.1 Å². The van der Waals surface area contributed by atoms with Crippen molar-refractivity contribution in [3.63, 3.8) is 0 Å². The normalized spacial score (nSPS) is 10.5. The molecule has 106 valence electrons. The van der Waals surface area contributed by atoms with Crippen LogP contribution in [0.3, 0.4) is 0 Å². The third-order valence-electron chi connectivity index (χ3n) is 2.98. The van der Waals surface area contributed by atoms with Gasteiger partial charge in [0.2, 0.25) is 0 Å². The number of carbonyl (C=O) groups excluding carboxylic acids is 1. The standard InChI is InChI=1S/C15H20N4O/c1-12-3-5-13(6-4-12)15(20)17-9-8-16-11-14-7-10-19(2)18-14/h3-7,10,16H,8-9,11H2,1-2H3,(H,17,20). The number of rotatable bonds is 6. The van der Waals surface area contributed by atoms with E-state index in [9.17, 15) is 4.79 Å². The summed E-state index contributed by atoms with van der Waals surface area (Å²) < 4.78 is 1.77. The van der Waals surface area contributed by atoms with Gasteiger partial charge in [0, 0.05) is 38.4 Å². The van der Waals surface area contributed by atoms with E-state index in [1.807, 2.05) is 50.5 Å². The van der Waals surface area contributed by atoms with E-state index < -0.39 is 0 Å². The highest BCUT2D eigenvalue weighted by Gasteiger charge is 2.03. The maximum absolute atomic E-state index is 11.8. The lowest BCUT2D eigenvalue weighted by Gasteiger charge is -2.06. The van der Waals surface area contributed by atoms with Crippen LogP contribution in [0.2, 0.25) is 0 Å². The van der Waals surface area contributed by atoms with Crippen LogP contribution in [-0.4, -0.2) is 28.8 Å². The first kappa shape index (κ1) is 14.3. The summed E-state index contributed by atoms with van der Waals surface area (Å²) in [6.45, 7) is 4.03. The minimum Gasteiger partial charge on any atom is -0.351 e. The number of nitrogens with one attached hydrogen (secondary N) is 2. The van der Waals surface area contributed by atoms with Gasteiger partial charge in [-0.15, -0.1) is 0 Å². The number of benzene rings is 1. The van der Waals surface area contributed by atoms with Crippen LogP contribution in [0.5, 0.6) is 0 Å². The highest BCUT2D eigenvalue weighted by Crippen LogP contribution is 2.02. The molecule has 0 atom stereocenters. The fourth-order valence-corrected chi connectivity index (χ4v) is 1.85. The van der Waals surface area contributed by atoms with Gasteiger partial charge in [0.25, 0.3) is 5.91 Å². The number of aryl methyl sites for hydroxylation is 2. The molecule has 0 saturated carbocycles. The van der Waals surface area contributed by atoms with Crippen LogP contribution in [0.25, 0.3) is 0 Å². The lowest BCUT2D eigenvalue weighted by Crippen LogP contribution is -2.31. The summed E-state index contributed by atoms with van der Waals surface area (Å²) in [5, 5.41) is 10.4. The lowest BCUT2D eigenvalue weighted by atomic mass is 10.1. The van der Waals surface area contributed by atoms with Gasteiger partial charge in [-0.25, -0.2) is 0 Å². The van der Waals surface area contributed by atoms with Gasteiger partial charge < -0.3 is 10.6 Å². The molecule has 0 spiro atoms. The minimum atomic E-state index is -0.0374. The molecule has 0 aliphatic heterocycles. The van der Waals surface area contributed by atoms with E-state index in [1.54, 1.807) is 4.68 Å². The second-order valence-corrected chi connectivity index (χ2v) is 4.78. The van der Waals surface area contributed by atoms with E-state index in [4.69, 9.17) is 0 Å². The van der Waals surface area contributed by atoms with Gasteiger partial charge in [-0.2, -0.15) is 5.10 Å². The van der Waals surface area contributed by atoms with Gasteiger partial charge in [-0.3, -0.25) is 9.48 Å². The number of hydrogen-bond acceptors (Lipinski definition) is 3. The Morgan fingerprint density at radius 1 is 1.20 bits per heavy atom. The Morgan fingerprint density at radius 3 is 2.60 bits per heavy atom. The zero-order chi connectivity index (χ0) is 14.4. The molecule has 0 aliphatic carbocycles. The molecule has 2 aromatic rings. The molecule has 0 aliphatic rings. The molecule has 2 rings (SSSR count). The quantitative estimate of drug-likeness (QED) is 0.778. The summed E-state index contributed by atoms with van der Waals surface area (Å²) in [7, 11) is 1.89. The van der Waals surface area contributed by atoms with Crippen molar-refractivity contribution < 1.29 is 4.79 Å². The van der Waals surface area contributed by atoms with Crippen molar-refractivity contribution in [2.75, 3.05) is 13.1 Å². The molecule has 1 amide bonds. The fourth-order valence-electron chi connectivity index (χ4n) is 1.85. The molecule has 0 radical (unpaired) electrons. The van der Waals surface area contributed by atoms with E-state index in [0.29, 0.717) is 25.2 Å². The molecule has 0 bridgehead atoms. The van der Waals surface area contributed by atoms with E-state index in [0.717, 1.165) is 11.3 Å². The van der Waals surface area contributed by atoms with E-state index in [1.165, 1.54) is 0 Å². The number of amides is 1. The van der Waals surface area contributed by atoms with Gasteiger partial charge in [-0.1, -0.05) is 17.7 Å². The summed E-state index contributed by atoms with van der Waals surface area (Å²) in [4.78, 5) is 11.8. The maximum Gasteiger partial charge on any atom is 0.251 e. The van der Waals surface area contributed by atoms with Crippen molar-refractivity contribution in [1.82, 2.24) is 20.4 Å². The third kappa shape index (κ3) is 4.20. The largest absolute Gasteiger partial charge is 0.351 e. The second kappa shape index (κ2) is 6.86. The predicted octanol–water partition coefficient (Wildman–Crippen LogP) is 1.25. The number of carbonyl (C=O) groups is 1. The van der Waals surface area contributed by atoms with E-state index >= 15 is 0 Å². The summed E-state index contributed by atoms with van der Waals surface area (Å²) in [5.41, 5.74) is 2.84. The summed E-state index contributed by atoms with van der Waals surface area (Å²) >= 11 is 0. The molecule has 1 aromatic carbocycles. The average Bonchev–Trinajstić information content (AvgIpc) is 2.84. The van der Waals surface area contributed by atoms with Gasteiger partial charge in [0.05, 0.1) is 5.69 Å². The first-order valence-electron chi connectivity index (χ1n) is 6.69. The summed E-state index contributed by atoms with van der Waals surface area (Å²) in [6.07, 6.45) is 1.91. The van der Waals surface area contributed by atoms with Crippen LogP contribution in [0.4, 0.5) is 0 Å². The topological polar surface area (TPSA) is 59.0 Å². The number of aromatic nitrogens is 2. The van der Waals surface area contributed by atoms with Crippen molar-refractivity contribution >= 4 is 5.91 Å². The molecule has 20 heavy (non-hydrogen) atoms. The molecular weight excluding hydrogens is 252 g/mol. The smallest absolute Gasteiger partial charge is 0.251 e. The third-order valence-corrected chi connectivity index (χ3v) is 2.98. The first-order chi connectivity index (χ1) is 9.65. The van der Waals surface area contributed by atoms with Gasteiger partial charge >= 0.3 is 0 Å². The molecule has 0 unspecified atom stereocenters. The highest BCUT2D eigenvalue weighted by molar-refractivity contribution is 5.94. The molecule has 0 fully saturated rings. The molecule has 5 nitrogen and oxygen atoms in total. The van der Waals surface area contributed by atoms with Crippen molar-refractivity contribution in [3.8, 4) is 0 Å². The van der Waals surface area contributed by atoms with Crippen molar-refractivity contribution in [1.29, 1.82) is 0 Å². The Kier molecular flexibility index (Phi) is 4.90. The monoisotopic (exact) mass is 272 g/mol. The molecular formula is C15H20N4O.